The van der Waals surface area contributed by atoms with E-state index in [2.05, 4.69) is 5.32 Å². The SMILES string of the molecule is CCOC(=O)c1c(-c2ccc(C)cc2)csc1NC(=O)CCc1ccc(OC)cc1. The lowest BCUT2D eigenvalue weighted by atomic mass is 10.0. The van der Waals surface area contributed by atoms with Gasteiger partial charge in [-0.2, -0.15) is 0 Å². The summed E-state index contributed by atoms with van der Waals surface area (Å²) < 4.78 is 10.4. The number of thiophene rings is 1. The average Bonchev–Trinajstić information content (AvgIpc) is 3.17. The van der Waals surface area contributed by atoms with Crippen molar-refractivity contribution in [1.29, 1.82) is 0 Å². The van der Waals surface area contributed by atoms with E-state index in [1.54, 1.807) is 14.0 Å². The molecule has 5 nitrogen and oxygen atoms in total. The van der Waals surface area contributed by atoms with Crippen molar-refractivity contribution in [2.75, 3.05) is 19.0 Å². The quantitative estimate of drug-likeness (QED) is 0.487. The van der Waals surface area contributed by atoms with Gasteiger partial charge in [0, 0.05) is 17.4 Å². The molecule has 3 aromatic rings. The van der Waals surface area contributed by atoms with Crippen molar-refractivity contribution in [1.82, 2.24) is 0 Å². The standard InChI is InChI=1S/C24H25NO4S/c1-4-29-24(27)22-20(18-10-5-16(2)6-11-18)15-30-23(22)25-21(26)14-9-17-7-12-19(28-3)13-8-17/h5-8,10-13,15H,4,9,14H2,1-3H3,(H,25,26). The highest BCUT2D eigenvalue weighted by molar-refractivity contribution is 7.15. The fourth-order valence-electron chi connectivity index (χ4n) is 3.04. The molecule has 0 aliphatic rings. The smallest absolute Gasteiger partial charge is 0.341 e. The molecule has 0 bridgehead atoms. The van der Waals surface area contributed by atoms with Gasteiger partial charge in [-0.1, -0.05) is 42.0 Å². The Labute approximate surface area is 180 Å². The van der Waals surface area contributed by atoms with Crippen molar-refractivity contribution in [2.45, 2.75) is 26.7 Å². The van der Waals surface area contributed by atoms with E-state index < -0.39 is 5.97 Å². The van der Waals surface area contributed by atoms with Crippen molar-refractivity contribution in [2.24, 2.45) is 0 Å². The van der Waals surface area contributed by atoms with Gasteiger partial charge in [-0.15, -0.1) is 11.3 Å². The highest BCUT2D eigenvalue weighted by atomic mass is 32.1. The molecule has 0 saturated heterocycles. The number of methoxy groups -OCH3 is 1. The number of aryl methyl sites for hydroxylation is 2. The number of carbonyl (C=O) groups is 2. The summed E-state index contributed by atoms with van der Waals surface area (Å²) in [6.07, 6.45) is 0.910. The molecule has 0 atom stereocenters. The maximum atomic E-state index is 12.6. The minimum absolute atomic E-state index is 0.145. The summed E-state index contributed by atoms with van der Waals surface area (Å²) >= 11 is 1.34. The van der Waals surface area contributed by atoms with Gasteiger partial charge < -0.3 is 14.8 Å². The Bertz CT molecular complexity index is 1010. The maximum Gasteiger partial charge on any atom is 0.341 e. The number of esters is 1. The lowest BCUT2D eigenvalue weighted by molar-refractivity contribution is -0.116. The Morgan fingerprint density at radius 2 is 1.73 bits per heavy atom. The fraction of sp³-hybridized carbons (Fsp3) is 0.250. The van der Waals surface area contributed by atoms with E-state index in [1.807, 2.05) is 60.8 Å². The predicted octanol–water partition coefficient (Wildman–Crippen LogP) is 5.48. The number of hydrogen-bond donors (Lipinski definition) is 1. The Morgan fingerprint density at radius 1 is 1.03 bits per heavy atom. The van der Waals surface area contributed by atoms with Crippen molar-refractivity contribution >= 4 is 28.2 Å². The maximum absolute atomic E-state index is 12.6. The first-order valence-corrected chi connectivity index (χ1v) is 10.7. The molecule has 0 saturated carbocycles. The van der Waals surface area contributed by atoms with E-state index in [0.717, 1.165) is 28.0 Å². The van der Waals surface area contributed by atoms with Crippen molar-refractivity contribution < 1.29 is 19.1 Å². The second-order valence-electron chi connectivity index (χ2n) is 6.84. The minimum Gasteiger partial charge on any atom is -0.497 e. The molecule has 30 heavy (non-hydrogen) atoms. The first kappa shape index (κ1) is 21.6. The van der Waals surface area contributed by atoms with Crippen LogP contribution in [0, 0.1) is 6.92 Å². The van der Waals surface area contributed by atoms with Gasteiger partial charge in [0.25, 0.3) is 0 Å². The van der Waals surface area contributed by atoms with Crippen LogP contribution < -0.4 is 10.1 Å². The summed E-state index contributed by atoms with van der Waals surface area (Å²) in [7, 11) is 1.62. The Kier molecular flexibility index (Phi) is 7.25. The zero-order valence-electron chi connectivity index (χ0n) is 17.4. The van der Waals surface area contributed by atoms with E-state index in [-0.39, 0.29) is 12.5 Å². The van der Waals surface area contributed by atoms with Gasteiger partial charge in [-0.3, -0.25) is 4.79 Å². The fourth-order valence-corrected chi connectivity index (χ4v) is 4.01. The number of nitrogens with one attached hydrogen (secondary N) is 1. The molecular weight excluding hydrogens is 398 g/mol. The molecule has 0 aliphatic heterocycles. The van der Waals surface area contributed by atoms with Crippen molar-refractivity contribution in [3.63, 3.8) is 0 Å². The van der Waals surface area contributed by atoms with Gasteiger partial charge in [0.1, 0.15) is 16.3 Å². The number of ether oxygens (including phenoxy) is 2. The van der Waals surface area contributed by atoms with E-state index in [9.17, 15) is 9.59 Å². The zero-order chi connectivity index (χ0) is 21.5. The van der Waals surface area contributed by atoms with Crippen molar-refractivity contribution in [3.8, 4) is 16.9 Å². The normalized spacial score (nSPS) is 10.5. The third-order valence-electron chi connectivity index (χ3n) is 4.69. The molecule has 3 rings (SSSR count). The average molecular weight is 424 g/mol. The summed E-state index contributed by atoms with van der Waals surface area (Å²) in [5.74, 6) is 0.206. The minimum atomic E-state index is -0.431. The van der Waals surface area contributed by atoms with Crippen LogP contribution in [-0.2, 0) is 16.0 Å². The molecule has 1 N–H and O–H groups in total. The molecular formula is C24H25NO4S. The van der Waals surface area contributed by atoms with Crippen LogP contribution in [0.4, 0.5) is 5.00 Å². The summed E-state index contributed by atoms with van der Waals surface area (Å²) in [5, 5.41) is 5.30. The Morgan fingerprint density at radius 3 is 2.37 bits per heavy atom. The third kappa shape index (κ3) is 5.27. The van der Waals surface area contributed by atoms with Crippen LogP contribution in [-0.4, -0.2) is 25.6 Å². The van der Waals surface area contributed by atoms with Gasteiger partial charge in [-0.05, 0) is 43.5 Å². The van der Waals surface area contributed by atoms with Gasteiger partial charge in [0.15, 0.2) is 0 Å². The highest BCUT2D eigenvalue weighted by Gasteiger charge is 2.22. The van der Waals surface area contributed by atoms with Gasteiger partial charge in [0.05, 0.1) is 13.7 Å². The summed E-state index contributed by atoms with van der Waals surface area (Å²) in [5.41, 5.74) is 4.27. The molecule has 2 aromatic carbocycles. The van der Waals surface area contributed by atoms with Gasteiger partial charge in [0.2, 0.25) is 5.91 Å². The Hall–Kier alpha value is -3.12. The molecule has 0 unspecified atom stereocenters. The first-order chi connectivity index (χ1) is 14.5. The number of amides is 1. The molecule has 0 spiro atoms. The molecule has 0 aliphatic carbocycles. The lowest BCUT2D eigenvalue weighted by Crippen LogP contribution is -2.15. The number of rotatable bonds is 8. The molecule has 0 radical (unpaired) electrons. The second-order valence-corrected chi connectivity index (χ2v) is 7.72. The van der Waals surface area contributed by atoms with E-state index >= 15 is 0 Å². The third-order valence-corrected chi connectivity index (χ3v) is 5.58. The number of anilines is 1. The van der Waals surface area contributed by atoms with Crippen molar-refractivity contribution in [3.05, 3.63) is 70.6 Å². The van der Waals surface area contributed by atoms with E-state index in [4.69, 9.17) is 9.47 Å². The van der Waals surface area contributed by atoms with Gasteiger partial charge in [-0.25, -0.2) is 4.79 Å². The second kappa shape index (κ2) is 10.1. The molecule has 0 fully saturated rings. The van der Waals surface area contributed by atoms with E-state index in [0.29, 0.717) is 23.4 Å². The van der Waals surface area contributed by atoms with Crippen LogP contribution in [0.15, 0.2) is 53.9 Å². The predicted molar refractivity (Wildman–Crippen MR) is 120 cm³/mol. The Balaban J connectivity index is 1.76. The molecule has 156 valence electrons. The zero-order valence-corrected chi connectivity index (χ0v) is 18.2. The summed E-state index contributed by atoms with van der Waals surface area (Å²) in [6.45, 7) is 4.05. The van der Waals surface area contributed by atoms with Crippen LogP contribution in [0.3, 0.4) is 0 Å². The monoisotopic (exact) mass is 423 g/mol. The first-order valence-electron chi connectivity index (χ1n) is 9.80. The molecule has 6 heteroatoms. The van der Waals surface area contributed by atoms with Crippen LogP contribution in [0.5, 0.6) is 5.75 Å². The number of hydrogen-bond acceptors (Lipinski definition) is 5. The van der Waals surface area contributed by atoms with Crippen LogP contribution >= 0.6 is 11.3 Å². The topological polar surface area (TPSA) is 64.6 Å². The molecule has 1 heterocycles. The lowest BCUT2D eigenvalue weighted by Gasteiger charge is -2.09. The summed E-state index contributed by atoms with van der Waals surface area (Å²) in [6, 6.07) is 15.6. The highest BCUT2D eigenvalue weighted by Crippen LogP contribution is 2.36. The van der Waals surface area contributed by atoms with Crippen LogP contribution in [0.25, 0.3) is 11.1 Å². The van der Waals surface area contributed by atoms with Crippen LogP contribution in [0.1, 0.15) is 34.8 Å². The number of benzene rings is 2. The van der Waals surface area contributed by atoms with E-state index in [1.165, 1.54) is 11.3 Å². The number of carbonyl (C=O) groups excluding carboxylic acids is 2. The largest absolute Gasteiger partial charge is 0.497 e. The molecule has 1 aromatic heterocycles. The van der Waals surface area contributed by atoms with Gasteiger partial charge >= 0.3 is 5.97 Å². The summed E-state index contributed by atoms with van der Waals surface area (Å²) in [4.78, 5) is 25.2. The van der Waals surface area contributed by atoms with Crippen LogP contribution in [0.2, 0.25) is 0 Å². The molecule has 1 amide bonds.